The van der Waals surface area contributed by atoms with Crippen LogP contribution in [-0.4, -0.2) is 42.2 Å². The first-order valence-electron chi connectivity index (χ1n) is 7.71. The molecule has 0 unspecified atom stereocenters. The molecular formula is C16H21ClN2O5. The zero-order valence-electron chi connectivity index (χ0n) is 13.4. The van der Waals surface area contributed by atoms with Crippen LogP contribution in [0.2, 0.25) is 0 Å². The van der Waals surface area contributed by atoms with Gasteiger partial charge in [0.05, 0.1) is 13.2 Å². The van der Waals surface area contributed by atoms with Crippen molar-refractivity contribution in [2.45, 2.75) is 37.8 Å². The first-order chi connectivity index (χ1) is 11.5. The van der Waals surface area contributed by atoms with E-state index in [1.54, 1.807) is 25.3 Å². The molecule has 0 aliphatic heterocycles. The molecule has 1 aliphatic carbocycles. The number of anilines is 1. The van der Waals surface area contributed by atoms with Crippen molar-refractivity contribution in [3.8, 4) is 11.5 Å². The van der Waals surface area contributed by atoms with Crippen LogP contribution in [0.4, 0.5) is 10.5 Å². The van der Waals surface area contributed by atoms with Crippen LogP contribution in [0.15, 0.2) is 18.2 Å². The molecule has 8 heteroatoms. The van der Waals surface area contributed by atoms with Gasteiger partial charge in [-0.3, -0.25) is 4.79 Å². The maximum Gasteiger partial charge on any atom is 0.404 e. The fraction of sp³-hybridized carbons (Fsp3) is 0.500. The molecule has 1 fully saturated rings. The van der Waals surface area contributed by atoms with Crippen LogP contribution >= 0.6 is 11.6 Å². The van der Waals surface area contributed by atoms with Gasteiger partial charge in [-0.25, -0.2) is 4.79 Å². The smallest absolute Gasteiger partial charge is 0.404 e. The Morgan fingerprint density at radius 1 is 1.25 bits per heavy atom. The van der Waals surface area contributed by atoms with Gasteiger partial charge in [-0.05, 0) is 37.8 Å². The fourth-order valence-electron chi connectivity index (χ4n) is 2.72. The van der Waals surface area contributed by atoms with Crippen molar-refractivity contribution in [1.82, 2.24) is 5.32 Å². The van der Waals surface area contributed by atoms with E-state index in [0.29, 0.717) is 17.2 Å². The molecule has 24 heavy (non-hydrogen) atoms. The number of nitrogens with one attached hydrogen (secondary N) is 2. The average molecular weight is 357 g/mol. The van der Waals surface area contributed by atoms with Gasteiger partial charge in [0.15, 0.2) is 11.5 Å². The third-order valence-electron chi connectivity index (χ3n) is 3.86. The predicted molar refractivity (Wildman–Crippen MR) is 90.2 cm³/mol. The van der Waals surface area contributed by atoms with Crippen LogP contribution in [0.5, 0.6) is 11.5 Å². The maximum absolute atomic E-state index is 11.4. The van der Waals surface area contributed by atoms with Crippen LogP contribution < -0.4 is 20.1 Å². The Morgan fingerprint density at radius 3 is 2.54 bits per heavy atom. The lowest BCUT2D eigenvalue weighted by Crippen LogP contribution is -2.38. The Bertz CT molecular complexity index is 588. The number of carbonyl (C=O) groups excluding carboxylic acids is 1. The first kappa shape index (κ1) is 18.2. The molecule has 2 rings (SSSR count). The van der Waals surface area contributed by atoms with E-state index in [1.807, 2.05) is 0 Å². The summed E-state index contributed by atoms with van der Waals surface area (Å²) in [6.45, 7) is 0. The largest absolute Gasteiger partial charge is 0.493 e. The summed E-state index contributed by atoms with van der Waals surface area (Å²) in [5.41, 5.74) is 0.581. The SMILES string of the molecule is COc1ccc(NC(=O)CCl)cc1OC1CCC(NC(=O)O)CC1. The van der Waals surface area contributed by atoms with Gasteiger partial charge in [-0.15, -0.1) is 11.6 Å². The minimum atomic E-state index is -0.997. The molecule has 0 saturated heterocycles. The third-order valence-corrected chi connectivity index (χ3v) is 4.11. The summed E-state index contributed by atoms with van der Waals surface area (Å²) < 4.78 is 11.3. The number of methoxy groups -OCH3 is 1. The van der Waals surface area contributed by atoms with Gasteiger partial charge in [0.1, 0.15) is 5.88 Å². The molecule has 0 aromatic heterocycles. The lowest BCUT2D eigenvalue weighted by Gasteiger charge is -2.29. The van der Waals surface area contributed by atoms with E-state index in [-0.39, 0.29) is 23.9 Å². The third kappa shape index (κ3) is 5.19. The van der Waals surface area contributed by atoms with Gasteiger partial charge in [0.25, 0.3) is 0 Å². The summed E-state index contributed by atoms with van der Waals surface area (Å²) in [5, 5.41) is 13.9. The van der Waals surface area contributed by atoms with E-state index in [1.165, 1.54) is 0 Å². The molecule has 0 spiro atoms. The van der Waals surface area contributed by atoms with Crippen molar-refractivity contribution in [2.24, 2.45) is 0 Å². The molecule has 0 atom stereocenters. The lowest BCUT2D eigenvalue weighted by atomic mass is 9.93. The highest BCUT2D eigenvalue weighted by molar-refractivity contribution is 6.29. The summed E-state index contributed by atoms with van der Waals surface area (Å²) in [7, 11) is 1.55. The van der Waals surface area contributed by atoms with E-state index in [2.05, 4.69) is 10.6 Å². The Kier molecular flexibility index (Phi) is 6.54. The Balaban J connectivity index is 1.99. The number of benzene rings is 1. The maximum atomic E-state index is 11.4. The topological polar surface area (TPSA) is 96.9 Å². The number of ether oxygens (including phenoxy) is 2. The monoisotopic (exact) mass is 356 g/mol. The molecule has 7 nitrogen and oxygen atoms in total. The van der Waals surface area contributed by atoms with Gasteiger partial charge in [0, 0.05) is 17.8 Å². The number of alkyl halides is 1. The van der Waals surface area contributed by atoms with Crippen molar-refractivity contribution < 1.29 is 24.2 Å². The normalized spacial score (nSPS) is 20.1. The Hall–Kier alpha value is -2.15. The zero-order valence-corrected chi connectivity index (χ0v) is 14.1. The van der Waals surface area contributed by atoms with E-state index in [0.717, 1.165) is 25.7 Å². The Labute approximate surface area is 145 Å². The summed E-state index contributed by atoms with van der Waals surface area (Å²) in [6.07, 6.45) is 1.91. The second kappa shape index (κ2) is 8.63. The van der Waals surface area contributed by atoms with Gasteiger partial charge in [-0.1, -0.05) is 0 Å². The number of halogens is 1. The van der Waals surface area contributed by atoms with Gasteiger partial charge in [-0.2, -0.15) is 0 Å². The molecule has 1 aromatic carbocycles. The van der Waals surface area contributed by atoms with Crippen molar-refractivity contribution in [3.05, 3.63) is 18.2 Å². The predicted octanol–water partition coefficient (Wildman–Crippen LogP) is 2.83. The summed E-state index contributed by atoms with van der Waals surface area (Å²) >= 11 is 5.49. The van der Waals surface area contributed by atoms with Gasteiger partial charge in [0.2, 0.25) is 5.91 Å². The molecule has 132 valence electrons. The van der Waals surface area contributed by atoms with Crippen molar-refractivity contribution in [2.75, 3.05) is 18.3 Å². The molecule has 1 aromatic rings. The molecule has 1 aliphatic rings. The summed E-state index contributed by atoms with van der Waals surface area (Å²) in [6, 6.07) is 5.10. The number of carboxylic acid groups (broad SMARTS) is 1. The molecule has 0 radical (unpaired) electrons. The molecule has 3 N–H and O–H groups in total. The van der Waals surface area contributed by atoms with Crippen LogP contribution in [-0.2, 0) is 4.79 Å². The van der Waals surface area contributed by atoms with Crippen LogP contribution in [0.3, 0.4) is 0 Å². The van der Waals surface area contributed by atoms with Gasteiger partial charge >= 0.3 is 6.09 Å². The minimum absolute atomic E-state index is 0.0234. The molecule has 1 saturated carbocycles. The quantitative estimate of drug-likeness (QED) is 0.681. The van der Waals surface area contributed by atoms with Crippen LogP contribution in [0.25, 0.3) is 0 Å². The van der Waals surface area contributed by atoms with Crippen molar-refractivity contribution >= 4 is 29.3 Å². The van der Waals surface area contributed by atoms with Crippen LogP contribution in [0.1, 0.15) is 25.7 Å². The number of rotatable bonds is 6. The highest BCUT2D eigenvalue weighted by atomic mass is 35.5. The van der Waals surface area contributed by atoms with Crippen LogP contribution in [0, 0.1) is 0 Å². The van der Waals surface area contributed by atoms with Crippen molar-refractivity contribution in [1.29, 1.82) is 0 Å². The lowest BCUT2D eigenvalue weighted by molar-refractivity contribution is -0.113. The highest BCUT2D eigenvalue weighted by Gasteiger charge is 2.24. The second-order valence-electron chi connectivity index (χ2n) is 5.59. The zero-order chi connectivity index (χ0) is 17.5. The number of carbonyl (C=O) groups is 2. The molecular weight excluding hydrogens is 336 g/mol. The number of hydrogen-bond acceptors (Lipinski definition) is 4. The van der Waals surface area contributed by atoms with Gasteiger partial charge < -0.3 is 25.2 Å². The van der Waals surface area contributed by atoms with E-state index >= 15 is 0 Å². The number of hydrogen-bond donors (Lipinski definition) is 3. The Morgan fingerprint density at radius 2 is 1.96 bits per heavy atom. The first-order valence-corrected chi connectivity index (χ1v) is 8.25. The second-order valence-corrected chi connectivity index (χ2v) is 5.86. The molecule has 0 bridgehead atoms. The average Bonchev–Trinajstić information content (AvgIpc) is 2.56. The standard InChI is InChI=1S/C16H21ClN2O5/c1-23-13-7-4-11(18-15(20)9-17)8-14(13)24-12-5-2-10(3-6-12)19-16(21)22/h4,7-8,10,12,19H,2-3,5-6,9H2,1H3,(H,18,20)(H,21,22). The van der Waals surface area contributed by atoms with Crippen molar-refractivity contribution in [3.63, 3.8) is 0 Å². The highest BCUT2D eigenvalue weighted by Crippen LogP contribution is 2.33. The molecule has 0 heterocycles. The number of amides is 2. The summed E-state index contributed by atoms with van der Waals surface area (Å²) in [4.78, 5) is 22.1. The van der Waals surface area contributed by atoms with E-state index < -0.39 is 6.09 Å². The molecule has 2 amide bonds. The van der Waals surface area contributed by atoms with E-state index in [9.17, 15) is 9.59 Å². The minimum Gasteiger partial charge on any atom is -0.493 e. The van der Waals surface area contributed by atoms with E-state index in [4.69, 9.17) is 26.2 Å². The fourth-order valence-corrected chi connectivity index (χ4v) is 2.79. The summed E-state index contributed by atoms with van der Waals surface area (Å²) in [5.74, 6) is 0.695.